The van der Waals surface area contributed by atoms with Gasteiger partial charge in [0.25, 0.3) is 0 Å². The van der Waals surface area contributed by atoms with Gasteiger partial charge in [-0.3, -0.25) is 5.43 Å². The third-order valence-corrected chi connectivity index (χ3v) is 4.01. The van der Waals surface area contributed by atoms with E-state index in [1.807, 2.05) is 0 Å². The lowest BCUT2D eigenvalue weighted by molar-refractivity contribution is 0.381. The van der Waals surface area contributed by atoms with Gasteiger partial charge in [-0.05, 0) is 17.7 Å². The smallest absolute Gasteiger partial charge is 0.396 e. The molecule has 11 heteroatoms. The summed E-state index contributed by atoms with van der Waals surface area (Å²) in [6, 6.07) is 2.87. The summed E-state index contributed by atoms with van der Waals surface area (Å²) in [7, 11) is 1.33. The molecular weight excluding hydrogens is 383 g/mol. The van der Waals surface area contributed by atoms with Gasteiger partial charge in [-0.2, -0.15) is 5.10 Å². The standard InChI is InChI=1S/C15H7F5N2O3S/c1-24-6-2-5(3-7-14(6)25-15(23)26-7)4-21-22-13-11(19)9(17)8(16)10(18)12(13)20/h2-4,22H,1H3. The summed E-state index contributed by atoms with van der Waals surface area (Å²) in [4.78, 5) is 10.7. The van der Waals surface area contributed by atoms with Crippen LogP contribution in [0.1, 0.15) is 5.56 Å². The highest BCUT2D eigenvalue weighted by Crippen LogP contribution is 2.29. The molecule has 0 aliphatic rings. The maximum Gasteiger partial charge on any atom is 0.396 e. The average molecular weight is 390 g/mol. The molecule has 3 aromatic rings. The molecule has 0 aliphatic carbocycles. The van der Waals surface area contributed by atoms with Crippen LogP contribution in [-0.2, 0) is 0 Å². The van der Waals surface area contributed by atoms with Crippen LogP contribution in [0.2, 0.25) is 0 Å². The Morgan fingerprint density at radius 2 is 1.69 bits per heavy atom. The SMILES string of the molecule is COc1cc(C=NNc2c(F)c(F)c(F)c(F)c2F)cc2sc(=O)oc12. The number of fused-ring (bicyclic) bond motifs is 1. The van der Waals surface area contributed by atoms with Crippen LogP contribution in [0.15, 0.2) is 26.4 Å². The quantitative estimate of drug-likeness (QED) is 0.240. The first-order valence-corrected chi connectivity index (χ1v) is 7.57. The maximum atomic E-state index is 13.5. The fraction of sp³-hybridized carbons (Fsp3) is 0.0667. The monoisotopic (exact) mass is 390 g/mol. The van der Waals surface area contributed by atoms with E-state index in [1.165, 1.54) is 19.2 Å². The van der Waals surface area contributed by atoms with Gasteiger partial charge in [0.15, 0.2) is 34.6 Å². The van der Waals surface area contributed by atoms with Crippen LogP contribution in [-0.4, -0.2) is 13.3 Å². The largest absolute Gasteiger partial charge is 0.493 e. The minimum Gasteiger partial charge on any atom is -0.493 e. The van der Waals surface area contributed by atoms with Gasteiger partial charge in [0.1, 0.15) is 5.69 Å². The summed E-state index contributed by atoms with van der Waals surface area (Å²) in [6.45, 7) is 0. The van der Waals surface area contributed by atoms with Gasteiger partial charge in [0.05, 0.1) is 18.0 Å². The molecule has 0 saturated carbocycles. The Kier molecular flexibility index (Phi) is 4.64. The number of ether oxygens (including phenoxy) is 1. The van der Waals surface area contributed by atoms with E-state index < -0.39 is 39.7 Å². The van der Waals surface area contributed by atoms with E-state index in [-0.39, 0.29) is 11.3 Å². The van der Waals surface area contributed by atoms with Crippen molar-refractivity contribution in [2.45, 2.75) is 0 Å². The fourth-order valence-electron chi connectivity index (χ4n) is 2.07. The highest BCUT2D eigenvalue weighted by Gasteiger charge is 2.25. The van der Waals surface area contributed by atoms with Crippen LogP contribution >= 0.6 is 11.3 Å². The molecule has 1 heterocycles. The summed E-state index contributed by atoms with van der Waals surface area (Å²) < 4.78 is 76.7. The van der Waals surface area contributed by atoms with E-state index in [0.29, 0.717) is 10.3 Å². The number of benzene rings is 2. The molecule has 26 heavy (non-hydrogen) atoms. The maximum absolute atomic E-state index is 13.5. The molecule has 0 fully saturated rings. The third kappa shape index (κ3) is 3.01. The number of hydrogen-bond acceptors (Lipinski definition) is 6. The van der Waals surface area contributed by atoms with E-state index in [0.717, 1.165) is 17.6 Å². The molecule has 0 saturated heterocycles. The topological polar surface area (TPSA) is 63.8 Å². The molecule has 0 radical (unpaired) electrons. The molecule has 0 aliphatic heterocycles. The number of nitrogens with one attached hydrogen (secondary N) is 1. The van der Waals surface area contributed by atoms with Crippen molar-refractivity contribution in [2.24, 2.45) is 5.10 Å². The van der Waals surface area contributed by atoms with Crippen molar-refractivity contribution in [1.82, 2.24) is 0 Å². The molecule has 3 rings (SSSR count). The van der Waals surface area contributed by atoms with Crippen molar-refractivity contribution in [3.63, 3.8) is 0 Å². The van der Waals surface area contributed by atoms with Crippen molar-refractivity contribution in [2.75, 3.05) is 12.5 Å². The predicted octanol–water partition coefficient (Wildman–Crippen LogP) is 4.00. The van der Waals surface area contributed by atoms with Crippen LogP contribution in [0.4, 0.5) is 27.6 Å². The Hall–Kier alpha value is -2.95. The van der Waals surface area contributed by atoms with Gasteiger partial charge in [0, 0.05) is 0 Å². The number of halogens is 5. The average Bonchev–Trinajstić information content (AvgIpc) is 3.00. The Balaban J connectivity index is 1.95. The number of hydrazone groups is 1. The van der Waals surface area contributed by atoms with Crippen LogP contribution in [0.25, 0.3) is 10.3 Å². The third-order valence-electron chi connectivity index (χ3n) is 3.24. The Morgan fingerprint density at radius 3 is 2.31 bits per heavy atom. The van der Waals surface area contributed by atoms with E-state index in [4.69, 9.17) is 9.15 Å². The highest BCUT2D eigenvalue weighted by atomic mass is 32.1. The van der Waals surface area contributed by atoms with E-state index in [1.54, 1.807) is 5.43 Å². The molecule has 0 atom stereocenters. The van der Waals surface area contributed by atoms with E-state index in [9.17, 15) is 26.7 Å². The molecule has 0 unspecified atom stereocenters. The predicted molar refractivity (Wildman–Crippen MR) is 84.4 cm³/mol. The number of methoxy groups -OCH3 is 1. The summed E-state index contributed by atoms with van der Waals surface area (Å²) >= 11 is 0.791. The minimum atomic E-state index is -2.26. The second kappa shape index (κ2) is 6.75. The zero-order valence-corrected chi connectivity index (χ0v) is 13.5. The van der Waals surface area contributed by atoms with Gasteiger partial charge in [0.2, 0.25) is 5.82 Å². The van der Waals surface area contributed by atoms with Gasteiger partial charge in [-0.25, -0.2) is 26.7 Å². The molecular formula is C15H7F5N2O3S. The summed E-state index contributed by atoms with van der Waals surface area (Å²) in [6.07, 6.45) is 1.05. The lowest BCUT2D eigenvalue weighted by Gasteiger charge is -2.07. The van der Waals surface area contributed by atoms with Gasteiger partial charge < -0.3 is 9.15 Å². The number of hydrogen-bond donors (Lipinski definition) is 1. The summed E-state index contributed by atoms with van der Waals surface area (Å²) in [5.74, 6) is -10.3. The Morgan fingerprint density at radius 1 is 1.08 bits per heavy atom. The van der Waals surface area contributed by atoms with Crippen molar-refractivity contribution in [1.29, 1.82) is 0 Å². The van der Waals surface area contributed by atoms with Crippen LogP contribution in [0, 0.1) is 29.1 Å². The summed E-state index contributed by atoms with van der Waals surface area (Å²) in [5.41, 5.74) is 1.02. The first-order valence-electron chi connectivity index (χ1n) is 6.75. The van der Waals surface area contributed by atoms with Crippen molar-refractivity contribution < 1.29 is 31.1 Å². The molecule has 1 aromatic heterocycles. The first-order chi connectivity index (χ1) is 12.3. The number of rotatable bonds is 4. The van der Waals surface area contributed by atoms with Crippen LogP contribution < -0.4 is 15.1 Å². The lowest BCUT2D eigenvalue weighted by atomic mass is 10.2. The zero-order chi connectivity index (χ0) is 19.0. The van der Waals surface area contributed by atoms with Crippen LogP contribution in [0.5, 0.6) is 5.75 Å². The van der Waals surface area contributed by atoms with Crippen molar-refractivity contribution in [3.05, 3.63) is 56.5 Å². The fourth-order valence-corrected chi connectivity index (χ4v) is 2.80. The number of nitrogens with zero attached hydrogens (tertiary/aromatic N) is 1. The normalized spacial score (nSPS) is 11.5. The highest BCUT2D eigenvalue weighted by molar-refractivity contribution is 7.16. The molecule has 0 spiro atoms. The Bertz CT molecular complexity index is 1060. The van der Waals surface area contributed by atoms with Gasteiger partial charge in [-0.15, -0.1) is 0 Å². The van der Waals surface area contributed by atoms with Crippen LogP contribution in [0.3, 0.4) is 0 Å². The molecule has 136 valence electrons. The summed E-state index contributed by atoms with van der Waals surface area (Å²) in [5, 5.41) is 3.46. The second-order valence-corrected chi connectivity index (χ2v) is 5.80. The molecule has 0 bridgehead atoms. The van der Waals surface area contributed by atoms with Gasteiger partial charge in [-0.1, -0.05) is 11.3 Å². The van der Waals surface area contributed by atoms with E-state index >= 15 is 0 Å². The second-order valence-electron chi connectivity index (χ2n) is 4.82. The minimum absolute atomic E-state index is 0.207. The molecule has 1 N–H and O–H groups in total. The lowest BCUT2D eigenvalue weighted by Crippen LogP contribution is -2.06. The zero-order valence-electron chi connectivity index (χ0n) is 12.7. The molecule has 0 amide bonds. The Labute approximate surface area is 145 Å². The van der Waals surface area contributed by atoms with E-state index in [2.05, 4.69) is 5.10 Å². The molecule has 5 nitrogen and oxygen atoms in total. The van der Waals surface area contributed by atoms with Crippen molar-refractivity contribution in [3.8, 4) is 5.75 Å². The van der Waals surface area contributed by atoms with Gasteiger partial charge >= 0.3 is 4.94 Å². The molecule has 2 aromatic carbocycles. The number of anilines is 1. The first kappa shape index (κ1) is 17.9. The van der Waals surface area contributed by atoms with Crippen molar-refractivity contribution >= 4 is 33.5 Å².